The molecule has 2 aromatic heterocycles. The van der Waals surface area contributed by atoms with E-state index in [0.717, 1.165) is 33.5 Å². The van der Waals surface area contributed by atoms with Gasteiger partial charge in [-0.1, -0.05) is 0 Å². The van der Waals surface area contributed by atoms with E-state index in [-0.39, 0.29) is 0 Å². The molecular weight excluding hydrogens is 240 g/mol. The van der Waals surface area contributed by atoms with Crippen LogP contribution in [0.15, 0.2) is 24.4 Å². The second-order valence-electron chi connectivity index (χ2n) is 4.66. The molecule has 0 saturated heterocycles. The number of H-pyrrole nitrogens is 1. The molecule has 19 heavy (non-hydrogen) atoms. The van der Waals surface area contributed by atoms with Gasteiger partial charge in [0.05, 0.1) is 13.3 Å². The molecule has 3 rings (SSSR count). The Balaban J connectivity index is 2.29. The average molecular weight is 256 g/mol. The number of aromatic nitrogens is 3. The molecule has 3 N–H and O–H groups in total. The van der Waals surface area contributed by atoms with Gasteiger partial charge in [0.1, 0.15) is 11.6 Å². The number of nitrogen functional groups attached to an aromatic ring is 1. The first-order chi connectivity index (χ1) is 9.10. The fraction of sp³-hybridized carbons (Fsp3) is 0.214. The zero-order chi connectivity index (χ0) is 13.6. The Morgan fingerprint density at radius 3 is 2.68 bits per heavy atom. The van der Waals surface area contributed by atoms with Gasteiger partial charge in [-0.05, 0) is 25.1 Å². The van der Waals surface area contributed by atoms with Crippen molar-refractivity contribution in [2.45, 2.75) is 6.92 Å². The third kappa shape index (κ3) is 1.74. The van der Waals surface area contributed by atoms with Crippen molar-refractivity contribution in [2.24, 2.45) is 7.05 Å². The van der Waals surface area contributed by atoms with E-state index in [1.165, 1.54) is 0 Å². The summed E-state index contributed by atoms with van der Waals surface area (Å²) in [6, 6.07) is 6.16. The SMILES string of the molecule is COc1cc2cc(C)[nH]c2cc1-c1cnn(C)c1N. The van der Waals surface area contributed by atoms with Gasteiger partial charge in [0.25, 0.3) is 0 Å². The number of nitrogens with two attached hydrogens (primary N) is 1. The number of aryl methyl sites for hydroxylation is 2. The largest absolute Gasteiger partial charge is 0.496 e. The maximum Gasteiger partial charge on any atom is 0.129 e. The molecule has 0 atom stereocenters. The van der Waals surface area contributed by atoms with E-state index in [1.54, 1.807) is 18.0 Å². The number of fused-ring (bicyclic) bond motifs is 1. The summed E-state index contributed by atoms with van der Waals surface area (Å²) in [5, 5.41) is 5.30. The van der Waals surface area contributed by atoms with Crippen LogP contribution in [0.25, 0.3) is 22.0 Å². The van der Waals surface area contributed by atoms with Gasteiger partial charge in [-0.3, -0.25) is 4.68 Å². The molecule has 98 valence electrons. The van der Waals surface area contributed by atoms with Gasteiger partial charge in [0.15, 0.2) is 0 Å². The minimum absolute atomic E-state index is 0.626. The molecule has 0 bridgehead atoms. The van der Waals surface area contributed by atoms with Crippen LogP contribution in [0, 0.1) is 6.92 Å². The number of rotatable bonds is 2. The van der Waals surface area contributed by atoms with Gasteiger partial charge >= 0.3 is 0 Å². The lowest BCUT2D eigenvalue weighted by molar-refractivity contribution is 0.417. The molecule has 2 heterocycles. The third-order valence-corrected chi connectivity index (χ3v) is 3.35. The molecule has 5 nitrogen and oxygen atoms in total. The van der Waals surface area contributed by atoms with Crippen molar-refractivity contribution in [3.63, 3.8) is 0 Å². The number of aromatic amines is 1. The Labute approximate surface area is 111 Å². The molecule has 0 spiro atoms. The predicted octanol–water partition coefficient (Wildman–Crippen LogP) is 2.47. The number of hydrogen-bond acceptors (Lipinski definition) is 3. The van der Waals surface area contributed by atoms with Crippen LogP contribution >= 0.6 is 0 Å². The van der Waals surface area contributed by atoms with Crippen LogP contribution in [0.2, 0.25) is 0 Å². The van der Waals surface area contributed by atoms with Crippen molar-refractivity contribution in [3.8, 4) is 16.9 Å². The summed E-state index contributed by atoms with van der Waals surface area (Å²) in [4.78, 5) is 3.32. The second-order valence-corrected chi connectivity index (χ2v) is 4.66. The van der Waals surface area contributed by atoms with Crippen molar-refractivity contribution in [1.82, 2.24) is 14.8 Å². The van der Waals surface area contributed by atoms with E-state index < -0.39 is 0 Å². The molecule has 3 aromatic rings. The molecule has 0 fully saturated rings. The van der Waals surface area contributed by atoms with Crippen LogP contribution in [0.3, 0.4) is 0 Å². The standard InChI is InChI=1S/C14H16N4O/c1-8-4-9-5-13(19-3)10(6-12(9)17-8)11-7-16-18(2)14(11)15/h4-7,17H,15H2,1-3H3. The Hall–Kier alpha value is -2.43. The highest BCUT2D eigenvalue weighted by molar-refractivity contribution is 5.91. The number of ether oxygens (including phenoxy) is 1. The van der Waals surface area contributed by atoms with Crippen LogP contribution < -0.4 is 10.5 Å². The topological polar surface area (TPSA) is 68.9 Å². The molecule has 0 aliphatic carbocycles. The highest BCUT2D eigenvalue weighted by atomic mass is 16.5. The quantitative estimate of drug-likeness (QED) is 0.740. The van der Waals surface area contributed by atoms with E-state index in [0.29, 0.717) is 5.82 Å². The fourth-order valence-electron chi connectivity index (χ4n) is 2.34. The number of nitrogens with one attached hydrogen (secondary N) is 1. The molecule has 0 aliphatic rings. The third-order valence-electron chi connectivity index (χ3n) is 3.35. The molecule has 0 amide bonds. The summed E-state index contributed by atoms with van der Waals surface area (Å²) >= 11 is 0. The van der Waals surface area contributed by atoms with E-state index in [2.05, 4.69) is 22.2 Å². The molecule has 0 radical (unpaired) electrons. The monoisotopic (exact) mass is 256 g/mol. The van der Waals surface area contributed by atoms with Crippen LogP contribution in [-0.2, 0) is 7.05 Å². The summed E-state index contributed by atoms with van der Waals surface area (Å²) in [5.41, 5.74) is 10.1. The maximum absolute atomic E-state index is 6.04. The van der Waals surface area contributed by atoms with Gasteiger partial charge in [-0.2, -0.15) is 5.10 Å². The fourth-order valence-corrected chi connectivity index (χ4v) is 2.34. The highest BCUT2D eigenvalue weighted by Gasteiger charge is 2.14. The van der Waals surface area contributed by atoms with Crippen LogP contribution in [0.5, 0.6) is 5.75 Å². The first-order valence-corrected chi connectivity index (χ1v) is 6.05. The predicted molar refractivity (Wildman–Crippen MR) is 76.2 cm³/mol. The normalized spacial score (nSPS) is 11.1. The van der Waals surface area contributed by atoms with E-state index in [1.807, 2.05) is 20.0 Å². The van der Waals surface area contributed by atoms with E-state index in [9.17, 15) is 0 Å². The summed E-state index contributed by atoms with van der Waals surface area (Å²) in [5.74, 6) is 1.42. The number of anilines is 1. The van der Waals surface area contributed by atoms with Crippen molar-refractivity contribution >= 4 is 16.7 Å². The summed E-state index contributed by atoms with van der Waals surface area (Å²) in [6.45, 7) is 2.03. The highest BCUT2D eigenvalue weighted by Crippen LogP contribution is 2.36. The number of benzene rings is 1. The molecule has 0 aliphatic heterocycles. The van der Waals surface area contributed by atoms with Crippen LogP contribution in [0.4, 0.5) is 5.82 Å². The Bertz CT molecular complexity index is 754. The Morgan fingerprint density at radius 1 is 1.26 bits per heavy atom. The molecule has 1 aromatic carbocycles. The van der Waals surface area contributed by atoms with Crippen LogP contribution in [0.1, 0.15) is 5.69 Å². The summed E-state index contributed by atoms with van der Waals surface area (Å²) in [6.07, 6.45) is 1.76. The lowest BCUT2D eigenvalue weighted by Gasteiger charge is -2.08. The molecule has 0 unspecified atom stereocenters. The zero-order valence-electron chi connectivity index (χ0n) is 11.2. The van der Waals surface area contributed by atoms with Crippen molar-refractivity contribution in [3.05, 3.63) is 30.1 Å². The summed E-state index contributed by atoms with van der Waals surface area (Å²) in [7, 11) is 3.49. The first-order valence-electron chi connectivity index (χ1n) is 6.05. The molecule has 0 saturated carbocycles. The van der Waals surface area contributed by atoms with Gasteiger partial charge in [0, 0.05) is 34.8 Å². The lowest BCUT2D eigenvalue weighted by Crippen LogP contribution is -1.98. The van der Waals surface area contributed by atoms with Crippen molar-refractivity contribution < 1.29 is 4.74 Å². The minimum atomic E-state index is 0.626. The Kier molecular flexibility index (Phi) is 2.48. The number of methoxy groups -OCH3 is 1. The van der Waals surface area contributed by atoms with Crippen LogP contribution in [-0.4, -0.2) is 21.9 Å². The van der Waals surface area contributed by atoms with Crippen molar-refractivity contribution in [1.29, 1.82) is 0 Å². The molecular formula is C14H16N4O. The Morgan fingerprint density at radius 2 is 2.05 bits per heavy atom. The van der Waals surface area contributed by atoms with E-state index >= 15 is 0 Å². The average Bonchev–Trinajstić information content (AvgIpc) is 2.90. The second kappa shape index (κ2) is 4.05. The minimum Gasteiger partial charge on any atom is -0.496 e. The lowest BCUT2D eigenvalue weighted by atomic mass is 10.1. The van der Waals surface area contributed by atoms with Crippen molar-refractivity contribution in [2.75, 3.05) is 12.8 Å². The van der Waals surface area contributed by atoms with Gasteiger partial charge < -0.3 is 15.5 Å². The molecule has 5 heteroatoms. The van der Waals surface area contributed by atoms with Gasteiger partial charge in [0.2, 0.25) is 0 Å². The smallest absolute Gasteiger partial charge is 0.129 e. The first kappa shape index (κ1) is 11.6. The zero-order valence-corrected chi connectivity index (χ0v) is 11.2. The van der Waals surface area contributed by atoms with Gasteiger partial charge in [-0.25, -0.2) is 0 Å². The maximum atomic E-state index is 6.04. The van der Waals surface area contributed by atoms with Gasteiger partial charge in [-0.15, -0.1) is 0 Å². The number of hydrogen-bond donors (Lipinski definition) is 2. The van der Waals surface area contributed by atoms with E-state index in [4.69, 9.17) is 10.5 Å². The number of nitrogens with zero attached hydrogens (tertiary/aromatic N) is 2. The summed E-state index contributed by atoms with van der Waals surface area (Å²) < 4.78 is 7.13.